The number of nitro benzene ring substituents is 1. The van der Waals surface area contributed by atoms with E-state index in [1.807, 2.05) is 11.9 Å². The van der Waals surface area contributed by atoms with E-state index >= 15 is 0 Å². The molecule has 0 bridgehead atoms. The summed E-state index contributed by atoms with van der Waals surface area (Å²) in [5, 5.41) is 16.9. The van der Waals surface area contributed by atoms with Gasteiger partial charge in [-0.3, -0.25) is 14.9 Å². The third-order valence-corrected chi connectivity index (χ3v) is 3.78. The van der Waals surface area contributed by atoms with Gasteiger partial charge in [-0.25, -0.2) is 0 Å². The number of amides is 1. The summed E-state index contributed by atoms with van der Waals surface area (Å²) in [6.07, 6.45) is 1.01. The van der Waals surface area contributed by atoms with Crippen LogP contribution < -0.4 is 15.5 Å². The first kappa shape index (κ1) is 15.2. The topological polar surface area (TPSA) is 87.5 Å². The lowest BCUT2D eigenvalue weighted by atomic mass is 10.1. The Balaban J connectivity index is 2.27. The number of nitrogens with zero attached hydrogens (tertiary/aromatic N) is 2. The van der Waals surface area contributed by atoms with Crippen molar-refractivity contribution in [1.29, 1.82) is 0 Å². The maximum atomic E-state index is 11.6. The third kappa shape index (κ3) is 3.30. The van der Waals surface area contributed by atoms with Crippen molar-refractivity contribution in [2.24, 2.45) is 5.92 Å². The smallest absolute Gasteiger partial charge is 0.293 e. The number of hydrogen-bond donors (Lipinski definition) is 2. The van der Waals surface area contributed by atoms with Crippen LogP contribution in [0, 0.1) is 16.0 Å². The van der Waals surface area contributed by atoms with Crippen molar-refractivity contribution in [3.63, 3.8) is 0 Å². The van der Waals surface area contributed by atoms with Crippen molar-refractivity contribution in [3.8, 4) is 0 Å². The van der Waals surface area contributed by atoms with Gasteiger partial charge in [0.1, 0.15) is 5.69 Å². The van der Waals surface area contributed by atoms with Crippen LogP contribution in [0.4, 0.5) is 11.4 Å². The molecule has 1 atom stereocenters. The molecular formula is C14H20N4O3. The second-order valence-electron chi connectivity index (χ2n) is 5.20. The minimum absolute atomic E-state index is 0.0128. The normalized spacial score (nSPS) is 17.8. The summed E-state index contributed by atoms with van der Waals surface area (Å²) in [5.74, 6) is 0.173. The van der Waals surface area contributed by atoms with Crippen LogP contribution in [0.15, 0.2) is 18.2 Å². The number of nitro groups is 1. The van der Waals surface area contributed by atoms with Crippen molar-refractivity contribution >= 4 is 17.3 Å². The summed E-state index contributed by atoms with van der Waals surface area (Å²) < 4.78 is 0. The van der Waals surface area contributed by atoms with Crippen molar-refractivity contribution in [1.82, 2.24) is 10.6 Å². The molecule has 7 heteroatoms. The lowest BCUT2D eigenvalue weighted by molar-refractivity contribution is -0.384. The summed E-state index contributed by atoms with van der Waals surface area (Å²) in [4.78, 5) is 24.5. The van der Waals surface area contributed by atoms with E-state index in [4.69, 9.17) is 0 Å². The number of anilines is 1. The molecule has 1 fully saturated rings. The van der Waals surface area contributed by atoms with E-state index in [0.717, 1.165) is 26.1 Å². The Morgan fingerprint density at radius 2 is 2.24 bits per heavy atom. The number of benzene rings is 1. The molecule has 1 aliphatic heterocycles. The molecule has 0 radical (unpaired) electrons. The first-order chi connectivity index (χ1) is 10.1. The molecule has 21 heavy (non-hydrogen) atoms. The molecule has 1 amide bonds. The summed E-state index contributed by atoms with van der Waals surface area (Å²) in [5.41, 5.74) is 0.881. The zero-order valence-corrected chi connectivity index (χ0v) is 12.3. The Kier molecular flexibility index (Phi) is 4.74. The van der Waals surface area contributed by atoms with Gasteiger partial charge in [0, 0.05) is 31.8 Å². The third-order valence-electron chi connectivity index (χ3n) is 3.78. The number of hydrogen-bond acceptors (Lipinski definition) is 5. The lowest BCUT2D eigenvalue weighted by Gasteiger charge is -2.19. The molecule has 1 heterocycles. The van der Waals surface area contributed by atoms with Crippen LogP contribution in [0.1, 0.15) is 16.8 Å². The lowest BCUT2D eigenvalue weighted by Crippen LogP contribution is -2.25. The van der Waals surface area contributed by atoms with E-state index in [2.05, 4.69) is 10.6 Å². The van der Waals surface area contributed by atoms with Crippen molar-refractivity contribution < 1.29 is 9.72 Å². The standard InChI is InChI=1S/C14H20N4O3/c1-15-8-10-5-6-17(9-10)12-4-3-11(14(19)16-2)7-13(12)18(20)21/h3-4,7,10,15H,5-6,8-9H2,1-2H3,(H,16,19). The molecule has 114 valence electrons. The van der Waals surface area contributed by atoms with Gasteiger partial charge in [0.25, 0.3) is 11.6 Å². The molecule has 1 aliphatic rings. The van der Waals surface area contributed by atoms with Gasteiger partial charge in [-0.2, -0.15) is 0 Å². The zero-order valence-electron chi connectivity index (χ0n) is 12.3. The summed E-state index contributed by atoms with van der Waals surface area (Å²) in [6.45, 7) is 2.49. The minimum atomic E-state index is -0.423. The van der Waals surface area contributed by atoms with Crippen molar-refractivity contribution in [2.75, 3.05) is 38.6 Å². The molecule has 0 aliphatic carbocycles. The van der Waals surface area contributed by atoms with Gasteiger partial charge >= 0.3 is 0 Å². The molecule has 1 unspecified atom stereocenters. The monoisotopic (exact) mass is 292 g/mol. The van der Waals surface area contributed by atoms with Gasteiger partial charge in [0.15, 0.2) is 0 Å². The van der Waals surface area contributed by atoms with Crippen LogP contribution in [0.3, 0.4) is 0 Å². The van der Waals surface area contributed by atoms with Crippen molar-refractivity contribution in [2.45, 2.75) is 6.42 Å². The molecule has 0 saturated carbocycles. The van der Waals surface area contributed by atoms with Gasteiger partial charge in [-0.1, -0.05) is 0 Å². The van der Waals surface area contributed by atoms with Crippen LogP contribution in [0.2, 0.25) is 0 Å². The Hall–Kier alpha value is -2.15. The van der Waals surface area contributed by atoms with Crippen LogP contribution in [0.25, 0.3) is 0 Å². The van der Waals surface area contributed by atoms with E-state index < -0.39 is 4.92 Å². The number of nitrogens with one attached hydrogen (secondary N) is 2. The minimum Gasteiger partial charge on any atom is -0.366 e. The maximum absolute atomic E-state index is 11.6. The number of carbonyl (C=O) groups excluding carboxylic acids is 1. The highest BCUT2D eigenvalue weighted by atomic mass is 16.6. The largest absolute Gasteiger partial charge is 0.366 e. The maximum Gasteiger partial charge on any atom is 0.293 e. The molecule has 0 aromatic heterocycles. The predicted octanol–water partition coefficient (Wildman–Crippen LogP) is 1.00. The second-order valence-corrected chi connectivity index (χ2v) is 5.20. The van der Waals surface area contributed by atoms with E-state index in [-0.39, 0.29) is 11.6 Å². The highest BCUT2D eigenvalue weighted by molar-refractivity contribution is 5.95. The van der Waals surface area contributed by atoms with E-state index in [1.165, 1.54) is 13.1 Å². The average Bonchev–Trinajstić information content (AvgIpc) is 2.94. The molecular weight excluding hydrogens is 272 g/mol. The Morgan fingerprint density at radius 3 is 2.86 bits per heavy atom. The predicted molar refractivity (Wildman–Crippen MR) is 80.7 cm³/mol. The van der Waals surface area contributed by atoms with Gasteiger partial charge < -0.3 is 15.5 Å². The Labute approximate surface area is 123 Å². The summed E-state index contributed by atoms with van der Waals surface area (Å²) >= 11 is 0. The zero-order chi connectivity index (χ0) is 15.4. The molecule has 2 rings (SSSR count). The van der Waals surface area contributed by atoms with Crippen LogP contribution in [-0.4, -0.2) is 44.6 Å². The fourth-order valence-electron chi connectivity index (χ4n) is 2.73. The molecule has 0 spiro atoms. The number of carbonyl (C=O) groups is 1. The van der Waals surface area contributed by atoms with Gasteiger partial charge in [0.2, 0.25) is 0 Å². The second kappa shape index (κ2) is 6.53. The first-order valence-corrected chi connectivity index (χ1v) is 6.97. The summed E-state index contributed by atoms with van der Waals surface area (Å²) in [7, 11) is 3.41. The van der Waals surface area contributed by atoms with Crippen LogP contribution in [-0.2, 0) is 0 Å². The molecule has 7 nitrogen and oxygen atoms in total. The van der Waals surface area contributed by atoms with Gasteiger partial charge in [-0.15, -0.1) is 0 Å². The van der Waals surface area contributed by atoms with E-state index in [0.29, 0.717) is 17.2 Å². The molecule has 2 N–H and O–H groups in total. The van der Waals surface area contributed by atoms with Gasteiger partial charge in [-0.05, 0) is 38.1 Å². The number of rotatable bonds is 5. The summed E-state index contributed by atoms with van der Waals surface area (Å²) in [6, 6.07) is 4.65. The fraction of sp³-hybridized carbons (Fsp3) is 0.500. The fourth-order valence-corrected chi connectivity index (χ4v) is 2.73. The molecule has 1 aromatic rings. The van der Waals surface area contributed by atoms with Crippen LogP contribution >= 0.6 is 0 Å². The quantitative estimate of drug-likeness (QED) is 0.624. The van der Waals surface area contributed by atoms with Gasteiger partial charge in [0.05, 0.1) is 4.92 Å². The first-order valence-electron chi connectivity index (χ1n) is 6.97. The Bertz CT molecular complexity index is 547. The SMILES string of the molecule is CNCC1CCN(c2ccc(C(=O)NC)cc2[N+](=O)[O-])C1. The molecule has 1 saturated heterocycles. The van der Waals surface area contributed by atoms with E-state index in [9.17, 15) is 14.9 Å². The Morgan fingerprint density at radius 1 is 1.48 bits per heavy atom. The average molecular weight is 292 g/mol. The highest BCUT2D eigenvalue weighted by Crippen LogP contribution is 2.32. The highest BCUT2D eigenvalue weighted by Gasteiger charge is 2.27. The van der Waals surface area contributed by atoms with Crippen LogP contribution in [0.5, 0.6) is 0 Å². The molecule has 1 aromatic carbocycles. The van der Waals surface area contributed by atoms with E-state index in [1.54, 1.807) is 12.1 Å². The van der Waals surface area contributed by atoms with Crippen molar-refractivity contribution in [3.05, 3.63) is 33.9 Å².